The Morgan fingerprint density at radius 3 is 2.50 bits per heavy atom. The van der Waals surface area contributed by atoms with Gasteiger partial charge in [-0.15, -0.1) is 0 Å². The average molecular weight is 376 g/mol. The van der Waals surface area contributed by atoms with Crippen LogP contribution in [-0.4, -0.2) is 47.4 Å². The molecule has 1 N–H and O–H groups in total. The summed E-state index contributed by atoms with van der Waals surface area (Å²) in [5.41, 5.74) is 1.18. The van der Waals surface area contributed by atoms with Crippen LogP contribution in [0.1, 0.15) is 28.8 Å². The van der Waals surface area contributed by atoms with Crippen LogP contribution in [0.15, 0.2) is 47.6 Å². The molecule has 1 saturated heterocycles. The van der Waals surface area contributed by atoms with Gasteiger partial charge in [0.05, 0.1) is 16.4 Å². The highest BCUT2D eigenvalue weighted by atomic mass is 32.2. The SMILES string of the molecule is Cc1ccc(S(=O)(=O)n2ccc(C(=O)N3CCC[C@H](C(=O)O)C3)c2)cc1. The minimum atomic E-state index is -3.77. The number of carbonyl (C=O) groups is 2. The lowest BCUT2D eigenvalue weighted by atomic mass is 9.98. The van der Waals surface area contributed by atoms with Crippen molar-refractivity contribution in [3.63, 3.8) is 0 Å². The van der Waals surface area contributed by atoms with Gasteiger partial charge in [0.1, 0.15) is 0 Å². The molecule has 1 atom stereocenters. The highest BCUT2D eigenvalue weighted by Crippen LogP contribution is 2.21. The first kappa shape index (κ1) is 18.2. The molecule has 0 aliphatic carbocycles. The summed E-state index contributed by atoms with van der Waals surface area (Å²) in [5, 5.41) is 9.14. The fourth-order valence-corrected chi connectivity index (χ4v) is 4.23. The minimum absolute atomic E-state index is 0.140. The van der Waals surface area contributed by atoms with Crippen LogP contribution in [0, 0.1) is 12.8 Å². The van der Waals surface area contributed by atoms with E-state index in [0.29, 0.717) is 19.4 Å². The number of carbonyl (C=O) groups excluding carboxylic acids is 1. The van der Waals surface area contributed by atoms with Gasteiger partial charge >= 0.3 is 5.97 Å². The highest BCUT2D eigenvalue weighted by molar-refractivity contribution is 7.90. The highest BCUT2D eigenvalue weighted by Gasteiger charge is 2.29. The zero-order chi connectivity index (χ0) is 18.9. The van der Waals surface area contributed by atoms with E-state index in [1.54, 1.807) is 12.1 Å². The molecular weight excluding hydrogens is 356 g/mol. The summed E-state index contributed by atoms with van der Waals surface area (Å²) in [4.78, 5) is 25.4. The number of amides is 1. The van der Waals surface area contributed by atoms with Crippen molar-refractivity contribution in [3.8, 4) is 0 Å². The van der Waals surface area contributed by atoms with Gasteiger partial charge in [-0.05, 0) is 38.0 Å². The predicted molar refractivity (Wildman–Crippen MR) is 94.5 cm³/mol. The van der Waals surface area contributed by atoms with Crippen LogP contribution in [0.4, 0.5) is 0 Å². The molecule has 1 aromatic carbocycles. The molecule has 0 saturated carbocycles. The van der Waals surface area contributed by atoms with E-state index in [9.17, 15) is 18.0 Å². The van der Waals surface area contributed by atoms with Gasteiger partial charge in [-0.25, -0.2) is 12.4 Å². The zero-order valence-corrected chi connectivity index (χ0v) is 15.1. The number of aryl methyl sites for hydroxylation is 1. The Kier molecular flexibility index (Phi) is 4.86. The van der Waals surface area contributed by atoms with Gasteiger partial charge in [0.2, 0.25) is 0 Å². The van der Waals surface area contributed by atoms with Crippen molar-refractivity contribution in [2.24, 2.45) is 5.92 Å². The van der Waals surface area contributed by atoms with Gasteiger partial charge in [0, 0.05) is 25.5 Å². The zero-order valence-electron chi connectivity index (χ0n) is 14.3. The first-order valence-electron chi connectivity index (χ1n) is 8.31. The third kappa shape index (κ3) is 3.50. The molecule has 0 bridgehead atoms. The fourth-order valence-electron chi connectivity index (χ4n) is 3.03. The van der Waals surface area contributed by atoms with E-state index in [4.69, 9.17) is 5.11 Å². The van der Waals surface area contributed by atoms with E-state index < -0.39 is 21.9 Å². The molecular formula is C18H20N2O5S. The monoisotopic (exact) mass is 376 g/mol. The number of piperidine rings is 1. The van der Waals surface area contributed by atoms with Gasteiger partial charge in [0.15, 0.2) is 0 Å². The van der Waals surface area contributed by atoms with Crippen molar-refractivity contribution in [1.82, 2.24) is 8.87 Å². The molecule has 26 heavy (non-hydrogen) atoms. The smallest absolute Gasteiger partial charge is 0.308 e. The van der Waals surface area contributed by atoms with Crippen molar-refractivity contribution in [1.29, 1.82) is 0 Å². The number of aromatic nitrogens is 1. The molecule has 7 nitrogen and oxygen atoms in total. The van der Waals surface area contributed by atoms with Crippen molar-refractivity contribution < 1.29 is 23.1 Å². The van der Waals surface area contributed by atoms with Crippen LogP contribution in [0.5, 0.6) is 0 Å². The predicted octanol–water partition coefficient (Wildman–Crippen LogP) is 1.97. The van der Waals surface area contributed by atoms with Crippen LogP contribution < -0.4 is 0 Å². The second-order valence-corrected chi connectivity index (χ2v) is 8.32. The van der Waals surface area contributed by atoms with Crippen molar-refractivity contribution in [2.75, 3.05) is 13.1 Å². The van der Waals surface area contributed by atoms with Crippen LogP contribution in [-0.2, 0) is 14.8 Å². The van der Waals surface area contributed by atoms with Crippen LogP contribution in [0.25, 0.3) is 0 Å². The largest absolute Gasteiger partial charge is 0.481 e. The molecule has 0 spiro atoms. The molecule has 1 aromatic heterocycles. The lowest BCUT2D eigenvalue weighted by Gasteiger charge is -2.30. The Morgan fingerprint density at radius 1 is 1.15 bits per heavy atom. The molecule has 138 valence electrons. The number of hydrogen-bond donors (Lipinski definition) is 1. The van der Waals surface area contributed by atoms with Crippen molar-refractivity contribution >= 4 is 21.9 Å². The summed E-state index contributed by atoms with van der Waals surface area (Å²) in [6.07, 6.45) is 3.77. The quantitative estimate of drug-likeness (QED) is 0.880. The molecule has 2 heterocycles. The molecule has 1 amide bonds. The third-order valence-electron chi connectivity index (χ3n) is 4.57. The topological polar surface area (TPSA) is 96.7 Å². The molecule has 2 aromatic rings. The standard InChI is InChI=1S/C18H20N2O5S/c1-13-4-6-16(7-5-13)26(24,25)20-10-8-14(12-20)17(21)19-9-2-3-15(11-19)18(22)23/h4-8,10,12,15H,2-3,9,11H2,1H3,(H,22,23)/t15-/m0/s1. The number of aliphatic carboxylic acids is 1. The second kappa shape index (κ2) is 6.95. The van der Waals surface area contributed by atoms with Gasteiger partial charge in [-0.3, -0.25) is 9.59 Å². The molecule has 0 unspecified atom stereocenters. The summed E-state index contributed by atoms with van der Waals surface area (Å²) in [7, 11) is -3.77. The fraction of sp³-hybridized carbons (Fsp3) is 0.333. The Morgan fingerprint density at radius 2 is 1.85 bits per heavy atom. The molecule has 1 aliphatic heterocycles. The molecule has 1 fully saturated rings. The number of hydrogen-bond acceptors (Lipinski definition) is 4. The van der Waals surface area contributed by atoms with E-state index in [-0.39, 0.29) is 22.9 Å². The number of rotatable bonds is 4. The summed E-state index contributed by atoms with van der Waals surface area (Å²) in [5.74, 6) is -1.85. The van der Waals surface area contributed by atoms with Gasteiger partial charge in [-0.2, -0.15) is 0 Å². The minimum Gasteiger partial charge on any atom is -0.481 e. The molecule has 3 rings (SSSR count). The van der Waals surface area contributed by atoms with E-state index in [1.165, 1.54) is 35.5 Å². The lowest BCUT2D eigenvalue weighted by molar-refractivity contribution is -0.143. The Balaban J connectivity index is 1.82. The number of nitrogens with zero attached hydrogens (tertiary/aromatic N) is 2. The molecule has 0 radical (unpaired) electrons. The summed E-state index contributed by atoms with van der Waals surface area (Å²) in [6, 6.07) is 7.91. The maximum absolute atomic E-state index is 12.7. The number of carboxylic acids is 1. The van der Waals surface area contributed by atoms with Gasteiger partial charge < -0.3 is 10.0 Å². The number of likely N-dealkylation sites (tertiary alicyclic amines) is 1. The van der Waals surface area contributed by atoms with Crippen LogP contribution in [0.3, 0.4) is 0 Å². The van der Waals surface area contributed by atoms with Crippen LogP contribution >= 0.6 is 0 Å². The number of benzene rings is 1. The summed E-state index contributed by atoms with van der Waals surface area (Å²) >= 11 is 0. The van der Waals surface area contributed by atoms with Crippen molar-refractivity contribution in [3.05, 3.63) is 53.9 Å². The average Bonchev–Trinajstić information content (AvgIpc) is 3.12. The van der Waals surface area contributed by atoms with Crippen molar-refractivity contribution in [2.45, 2.75) is 24.7 Å². The molecule has 8 heteroatoms. The van der Waals surface area contributed by atoms with Crippen LogP contribution in [0.2, 0.25) is 0 Å². The Bertz CT molecular complexity index is 931. The normalized spacial score (nSPS) is 17.9. The summed E-state index contributed by atoms with van der Waals surface area (Å²) in [6.45, 7) is 2.48. The lowest BCUT2D eigenvalue weighted by Crippen LogP contribution is -2.42. The van der Waals surface area contributed by atoms with E-state index >= 15 is 0 Å². The van der Waals surface area contributed by atoms with E-state index in [2.05, 4.69) is 0 Å². The Hall–Kier alpha value is -2.61. The van der Waals surface area contributed by atoms with Gasteiger partial charge in [0.25, 0.3) is 15.9 Å². The third-order valence-corrected chi connectivity index (χ3v) is 6.22. The molecule has 1 aliphatic rings. The second-order valence-electron chi connectivity index (χ2n) is 6.48. The first-order chi connectivity index (χ1) is 12.3. The number of carboxylic acid groups (broad SMARTS) is 1. The first-order valence-corrected chi connectivity index (χ1v) is 9.75. The van der Waals surface area contributed by atoms with E-state index in [0.717, 1.165) is 9.54 Å². The maximum atomic E-state index is 12.7. The van der Waals surface area contributed by atoms with E-state index in [1.807, 2.05) is 6.92 Å². The Labute approximate surface area is 151 Å². The van der Waals surface area contributed by atoms with Gasteiger partial charge in [-0.1, -0.05) is 17.7 Å². The summed E-state index contributed by atoms with van der Waals surface area (Å²) < 4.78 is 26.3. The maximum Gasteiger partial charge on any atom is 0.308 e.